The van der Waals surface area contributed by atoms with E-state index in [1.54, 1.807) is 6.07 Å². The molecule has 3 rings (SSSR count). The highest BCUT2D eigenvalue weighted by molar-refractivity contribution is 5.85. The summed E-state index contributed by atoms with van der Waals surface area (Å²) in [6, 6.07) is 5.73. The SMILES string of the molecule is Oc1cccc2c1C1=C(CCCC1)CN2. The Morgan fingerprint density at radius 1 is 1.13 bits per heavy atom. The number of hydrogen-bond donors (Lipinski definition) is 2. The van der Waals surface area contributed by atoms with Gasteiger partial charge in [-0.2, -0.15) is 0 Å². The van der Waals surface area contributed by atoms with Crippen LogP contribution in [0.3, 0.4) is 0 Å². The fourth-order valence-corrected chi connectivity index (χ4v) is 2.67. The highest BCUT2D eigenvalue weighted by atomic mass is 16.3. The second-order valence-electron chi connectivity index (χ2n) is 4.34. The molecule has 0 aromatic heterocycles. The predicted octanol–water partition coefficient (Wildman–Crippen LogP) is 3.15. The molecule has 1 aliphatic heterocycles. The van der Waals surface area contributed by atoms with Crippen LogP contribution in [0.1, 0.15) is 31.2 Å². The molecule has 0 atom stereocenters. The number of aromatic hydroxyl groups is 1. The second kappa shape index (κ2) is 3.30. The smallest absolute Gasteiger partial charge is 0.125 e. The van der Waals surface area contributed by atoms with Gasteiger partial charge in [-0.1, -0.05) is 6.07 Å². The van der Waals surface area contributed by atoms with Gasteiger partial charge in [0.15, 0.2) is 0 Å². The molecule has 2 heteroatoms. The molecule has 2 aliphatic rings. The maximum absolute atomic E-state index is 9.92. The number of fused-ring (bicyclic) bond motifs is 2. The largest absolute Gasteiger partial charge is 0.507 e. The first-order valence-corrected chi connectivity index (χ1v) is 5.63. The molecule has 0 saturated carbocycles. The number of phenolic OH excluding ortho intramolecular Hbond substituents is 1. The van der Waals surface area contributed by atoms with Crippen LogP contribution in [0, 0.1) is 0 Å². The summed E-state index contributed by atoms with van der Waals surface area (Å²) >= 11 is 0. The van der Waals surface area contributed by atoms with Crippen molar-refractivity contribution in [1.82, 2.24) is 0 Å². The van der Waals surface area contributed by atoms with E-state index in [2.05, 4.69) is 5.32 Å². The lowest BCUT2D eigenvalue weighted by atomic mass is 9.84. The molecule has 0 amide bonds. The van der Waals surface area contributed by atoms with Gasteiger partial charge in [-0.05, 0) is 49.0 Å². The summed E-state index contributed by atoms with van der Waals surface area (Å²) in [5.74, 6) is 0.425. The van der Waals surface area contributed by atoms with E-state index in [1.807, 2.05) is 12.1 Å². The lowest BCUT2D eigenvalue weighted by Gasteiger charge is -2.28. The van der Waals surface area contributed by atoms with Crippen LogP contribution in [-0.2, 0) is 0 Å². The lowest BCUT2D eigenvalue weighted by Crippen LogP contribution is -2.16. The predicted molar refractivity (Wildman–Crippen MR) is 62.0 cm³/mol. The summed E-state index contributed by atoms with van der Waals surface area (Å²) in [4.78, 5) is 0. The van der Waals surface area contributed by atoms with E-state index < -0.39 is 0 Å². The molecule has 1 heterocycles. The van der Waals surface area contributed by atoms with Gasteiger partial charge in [-0.25, -0.2) is 0 Å². The van der Waals surface area contributed by atoms with E-state index in [0.29, 0.717) is 5.75 Å². The van der Waals surface area contributed by atoms with Gasteiger partial charge in [0.2, 0.25) is 0 Å². The molecule has 1 aromatic rings. The standard InChI is InChI=1S/C13H15NO/c15-12-7-3-6-11-13(12)10-5-2-1-4-9(10)8-14-11/h3,6-7,14-15H,1-2,4-5,8H2. The summed E-state index contributed by atoms with van der Waals surface area (Å²) in [5, 5.41) is 13.3. The minimum atomic E-state index is 0.425. The van der Waals surface area contributed by atoms with E-state index in [9.17, 15) is 5.11 Å². The third-order valence-electron chi connectivity index (χ3n) is 3.42. The summed E-state index contributed by atoms with van der Waals surface area (Å²) in [6.45, 7) is 0.964. The number of rotatable bonds is 0. The van der Waals surface area contributed by atoms with Gasteiger partial charge in [-0.15, -0.1) is 0 Å². The molecule has 0 radical (unpaired) electrons. The van der Waals surface area contributed by atoms with Crippen molar-refractivity contribution in [2.24, 2.45) is 0 Å². The van der Waals surface area contributed by atoms with Crippen molar-refractivity contribution in [1.29, 1.82) is 0 Å². The third-order valence-corrected chi connectivity index (χ3v) is 3.42. The molecule has 0 saturated heterocycles. The Hall–Kier alpha value is -1.44. The molecule has 2 nitrogen and oxygen atoms in total. The first-order valence-electron chi connectivity index (χ1n) is 5.63. The Bertz CT molecular complexity index is 434. The summed E-state index contributed by atoms with van der Waals surface area (Å²) in [7, 11) is 0. The van der Waals surface area contributed by atoms with Crippen LogP contribution in [-0.4, -0.2) is 11.7 Å². The van der Waals surface area contributed by atoms with Crippen molar-refractivity contribution >= 4 is 11.3 Å². The number of phenols is 1. The average Bonchev–Trinajstić information content (AvgIpc) is 2.29. The highest BCUT2D eigenvalue weighted by Gasteiger charge is 2.23. The number of nitrogens with one attached hydrogen (secondary N) is 1. The van der Waals surface area contributed by atoms with E-state index in [1.165, 1.54) is 30.4 Å². The fourth-order valence-electron chi connectivity index (χ4n) is 2.67. The van der Waals surface area contributed by atoms with Gasteiger partial charge in [-0.3, -0.25) is 0 Å². The van der Waals surface area contributed by atoms with E-state index >= 15 is 0 Å². The Labute approximate surface area is 89.6 Å². The second-order valence-corrected chi connectivity index (χ2v) is 4.34. The normalized spacial score (nSPS) is 19.2. The van der Waals surface area contributed by atoms with Crippen molar-refractivity contribution in [3.05, 3.63) is 29.3 Å². The molecule has 1 aliphatic carbocycles. The van der Waals surface area contributed by atoms with Gasteiger partial charge in [0.1, 0.15) is 5.75 Å². The molecule has 78 valence electrons. The fraction of sp³-hybridized carbons (Fsp3) is 0.385. The molecule has 15 heavy (non-hydrogen) atoms. The van der Waals surface area contributed by atoms with Crippen LogP contribution in [0.5, 0.6) is 5.75 Å². The topological polar surface area (TPSA) is 32.3 Å². The van der Waals surface area contributed by atoms with Crippen molar-refractivity contribution in [3.8, 4) is 5.75 Å². The zero-order valence-corrected chi connectivity index (χ0v) is 8.71. The van der Waals surface area contributed by atoms with Crippen LogP contribution < -0.4 is 5.32 Å². The number of hydrogen-bond acceptors (Lipinski definition) is 2. The Morgan fingerprint density at radius 3 is 2.93 bits per heavy atom. The van der Waals surface area contributed by atoms with Crippen molar-refractivity contribution < 1.29 is 5.11 Å². The Kier molecular flexibility index (Phi) is 1.94. The van der Waals surface area contributed by atoms with Crippen LogP contribution in [0.4, 0.5) is 5.69 Å². The first-order chi connectivity index (χ1) is 7.36. The van der Waals surface area contributed by atoms with Gasteiger partial charge in [0, 0.05) is 17.8 Å². The molecule has 2 N–H and O–H groups in total. The molecule has 0 unspecified atom stereocenters. The van der Waals surface area contributed by atoms with Crippen molar-refractivity contribution in [2.75, 3.05) is 11.9 Å². The minimum Gasteiger partial charge on any atom is -0.507 e. The number of anilines is 1. The lowest BCUT2D eigenvalue weighted by molar-refractivity contribution is 0.473. The summed E-state index contributed by atoms with van der Waals surface area (Å²) in [6.07, 6.45) is 4.87. The Balaban J connectivity index is 2.19. The monoisotopic (exact) mass is 201 g/mol. The minimum absolute atomic E-state index is 0.425. The van der Waals surface area contributed by atoms with Gasteiger partial charge >= 0.3 is 0 Å². The van der Waals surface area contributed by atoms with Crippen LogP contribution >= 0.6 is 0 Å². The van der Waals surface area contributed by atoms with E-state index in [0.717, 1.165) is 24.2 Å². The molecule has 0 spiro atoms. The average molecular weight is 201 g/mol. The zero-order valence-electron chi connectivity index (χ0n) is 8.71. The van der Waals surface area contributed by atoms with E-state index in [-0.39, 0.29) is 0 Å². The molecule has 0 fully saturated rings. The quantitative estimate of drug-likeness (QED) is 0.675. The van der Waals surface area contributed by atoms with Crippen molar-refractivity contribution in [2.45, 2.75) is 25.7 Å². The van der Waals surface area contributed by atoms with Gasteiger partial charge in [0.25, 0.3) is 0 Å². The maximum atomic E-state index is 9.92. The number of benzene rings is 1. The zero-order chi connectivity index (χ0) is 10.3. The molecule has 0 bridgehead atoms. The summed E-state index contributed by atoms with van der Waals surface area (Å²) in [5.41, 5.74) is 5.04. The third kappa shape index (κ3) is 1.32. The highest BCUT2D eigenvalue weighted by Crippen LogP contribution is 2.42. The van der Waals surface area contributed by atoms with E-state index in [4.69, 9.17) is 0 Å². The van der Waals surface area contributed by atoms with Crippen LogP contribution in [0.2, 0.25) is 0 Å². The molecule has 1 aromatic carbocycles. The summed E-state index contributed by atoms with van der Waals surface area (Å²) < 4.78 is 0. The van der Waals surface area contributed by atoms with Crippen LogP contribution in [0.25, 0.3) is 5.57 Å². The Morgan fingerprint density at radius 2 is 2.00 bits per heavy atom. The van der Waals surface area contributed by atoms with Crippen LogP contribution in [0.15, 0.2) is 23.8 Å². The molecular formula is C13H15NO. The first kappa shape index (κ1) is 8.84. The van der Waals surface area contributed by atoms with Crippen molar-refractivity contribution in [3.63, 3.8) is 0 Å². The van der Waals surface area contributed by atoms with Gasteiger partial charge in [0.05, 0.1) is 0 Å². The number of allylic oxidation sites excluding steroid dienone is 1. The molecular weight excluding hydrogens is 186 g/mol. The van der Waals surface area contributed by atoms with Gasteiger partial charge < -0.3 is 10.4 Å². The maximum Gasteiger partial charge on any atom is 0.125 e.